The first-order chi connectivity index (χ1) is 12.7. The number of rotatable bonds is 10. The maximum Gasteiger partial charge on any atom is 0.280 e. The van der Waals surface area contributed by atoms with Crippen LogP contribution < -0.4 is 4.74 Å². The summed E-state index contributed by atoms with van der Waals surface area (Å²) >= 11 is 0. The van der Waals surface area contributed by atoms with Gasteiger partial charge >= 0.3 is 0 Å². The summed E-state index contributed by atoms with van der Waals surface area (Å²) in [5, 5.41) is 0. The van der Waals surface area contributed by atoms with Crippen LogP contribution in [-0.4, -0.2) is 37.4 Å². The first-order valence-electron chi connectivity index (χ1n) is 8.86. The topological polar surface area (TPSA) is 48.0 Å². The Morgan fingerprint density at radius 3 is 2.15 bits per heavy atom. The smallest absolute Gasteiger partial charge is 0.280 e. The van der Waals surface area contributed by atoms with Crippen LogP contribution in [0.5, 0.6) is 5.75 Å². The summed E-state index contributed by atoms with van der Waals surface area (Å²) in [6, 6.07) is 17.6. The standard InChI is InChI=1S/C21H27NO4/c1-4-25-21(26-5-2)20(23)22(15-17-10-7-6-8-11-17)16-18-12-9-13-19(14-18)24-3/h6-14,21H,4-5,15-16H2,1-3H3. The van der Waals surface area contributed by atoms with Crippen LogP contribution in [0.25, 0.3) is 0 Å². The predicted molar refractivity (Wildman–Crippen MR) is 101 cm³/mol. The minimum atomic E-state index is -0.890. The van der Waals surface area contributed by atoms with E-state index in [0.717, 1.165) is 16.9 Å². The van der Waals surface area contributed by atoms with Gasteiger partial charge in [0.2, 0.25) is 6.29 Å². The highest BCUT2D eigenvalue weighted by atomic mass is 16.7. The molecule has 1 amide bonds. The number of benzene rings is 2. The molecule has 0 unspecified atom stereocenters. The fraction of sp³-hybridized carbons (Fsp3) is 0.381. The molecule has 0 aliphatic rings. The molecule has 0 saturated heterocycles. The van der Waals surface area contributed by atoms with Gasteiger partial charge in [-0.1, -0.05) is 42.5 Å². The van der Waals surface area contributed by atoms with E-state index in [0.29, 0.717) is 26.3 Å². The van der Waals surface area contributed by atoms with E-state index in [4.69, 9.17) is 14.2 Å². The van der Waals surface area contributed by atoms with E-state index in [9.17, 15) is 4.79 Å². The molecule has 0 atom stereocenters. The summed E-state index contributed by atoms with van der Waals surface area (Å²) in [4.78, 5) is 14.8. The molecule has 0 spiro atoms. The van der Waals surface area contributed by atoms with Gasteiger partial charge in [-0.05, 0) is 37.1 Å². The van der Waals surface area contributed by atoms with Gasteiger partial charge in [-0.2, -0.15) is 0 Å². The largest absolute Gasteiger partial charge is 0.497 e. The third-order valence-electron chi connectivity index (χ3n) is 3.87. The molecule has 0 bridgehead atoms. The van der Waals surface area contributed by atoms with Crippen LogP contribution in [0.15, 0.2) is 54.6 Å². The SMILES string of the molecule is CCOC(OCC)C(=O)N(Cc1ccccc1)Cc1cccc(OC)c1. The van der Waals surface area contributed by atoms with Crippen molar-refractivity contribution in [3.05, 3.63) is 65.7 Å². The lowest BCUT2D eigenvalue weighted by molar-refractivity contribution is -0.181. The van der Waals surface area contributed by atoms with Gasteiger partial charge in [-0.15, -0.1) is 0 Å². The molecule has 5 heteroatoms. The molecule has 0 N–H and O–H groups in total. The van der Waals surface area contributed by atoms with Gasteiger partial charge in [0.25, 0.3) is 5.91 Å². The molecule has 140 valence electrons. The summed E-state index contributed by atoms with van der Waals surface area (Å²) in [5.74, 6) is 0.584. The average molecular weight is 357 g/mol. The lowest BCUT2D eigenvalue weighted by atomic mass is 10.1. The first kappa shape index (κ1) is 19.9. The van der Waals surface area contributed by atoms with Crippen molar-refractivity contribution in [3.63, 3.8) is 0 Å². The maximum absolute atomic E-state index is 13.0. The Bertz CT molecular complexity index is 669. The summed E-state index contributed by atoms with van der Waals surface area (Å²) in [5.41, 5.74) is 2.04. The Kier molecular flexibility index (Phi) is 8.12. The monoisotopic (exact) mass is 357 g/mol. The zero-order chi connectivity index (χ0) is 18.8. The number of methoxy groups -OCH3 is 1. The summed E-state index contributed by atoms with van der Waals surface area (Å²) in [7, 11) is 1.63. The molecule has 0 heterocycles. The van der Waals surface area contributed by atoms with Crippen LogP contribution in [-0.2, 0) is 27.4 Å². The molecule has 2 aromatic carbocycles. The van der Waals surface area contributed by atoms with Crippen molar-refractivity contribution in [2.75, 3.05) is 20.3 Å². The van der Waals surface area contributed by atoms with Crippen molar-refractivity contribution in [3.8, 4) is 5.75 Å². The molecule has 0 saturated carbocycles. The Hall–Kier alpha value is -2.37. The highest BCUT2D eigenvalue weighted by Gasteiger charge is 2.25. The second-order valence-electron chi connectivity index (χ2n) is 5.77. The molecule has 26 heavy (non-hydrogen) atoms. The molecule has 0 aliphatic carbocycles. The highest BCUT2D eigenvalue weighted by molar-refractivity contribution is 5.79. The van der Waals surface area contributed by atoms with Gasteiger partial charge in [0, 0.05) is 26.3 Å². The second-order valence-corrected chi connectivity index (χ2v) is 5.77. The molecule has 2 rings (SSSR count). The van der Waals surface area contributed by atoms with Crippen molar-refractivity contribution in [1.29, 1.82) is 0 Å². The Morgan fingerprint density at radius 2 is 1.54 bits per heavy atom. The molecule has 2 aromatic rings. The number of amides is 1. The van der Waals surface area contributed by atoms with E-state index < -0.39 is 6.29 Å². The van der Waals surface area contributed by atoms with Gasteiger partial charge < -0.3 is 19.1 Å². The summed E-state index contributed by atoms with van der Waals surface area (Å²) in [6.45, 7) is 5.45. The first-order valence-corrected chi connectivity index (χ1v) is 8.86. The van der Waals surface area contributed by atoms with Crippen molar-refractivity contribution < 1.29 is 19.0 Å². The quantitative estimate of drug-likeness (QED) is 0.609. The highest BCUT2D eigenvalue weighted by Crippen LogP contribution is 2.17. The van der Waals surface area contributed by atoms with Crippen molar-refractivity contribution in [1.82, 2.24) is 4.90 Å². The lowest BCUT2D eigenvalue weighted by Gasteiger charge is -2.27. The molecule has 0 fully saturated rings. The fourth-order valence-corrected chi connectivity index (χ4v) is 2.65. The van der Waals surface area contributed by atoms with Crippen molar-refractivity contribution in [2.24, 2.45) is 0 Å². The Balaban J connectivity index is 2.23. The van der Waals surface area contributed by atoms with E-state index in [1.165, 1.54) is 0 Å². The Labute approximate surface area is 155 Å². The van der Waals surface area contributed by atoms with Crippen LogP contribution in [0.4, 0.5) is 0 Å². The fourth-order valence-electron chi connectivity index (χ4n) is 2.65. The second kappa shape index (κ2) is 10.6. The molecular formula is C21H27NO4. The van der Waals surface area contributed by atoms with E-state index in [2.05, 4.69) is 0 Å². The van der Waals surface area contributed by atoms with Crippen molar-refractivity contribution in [2.45, 2.75) is 33.2 Å². The van der Waals surface area contributed by atoms with E-state index in [1.807, 2.05) is 68.4 Å². The van der Waals surface area contributed by atoms with Crippen LogP contribution in [0.3, 0.4) is 0 Å². The van der Waals surface area contributed by atoms with E-state index >= 15 is 0 Å². The number of ether oxygens (including phenoxy) is 3. The normalized spacial score (nSPS) is 10.8. The van der Waals surface area contributed by atoms with Gasteiger partial charge in [0.05, 0.1) is 7.11 Å². The van der Waals surface area contributed by atoms with Crippen LogP contribution in [0.1, 0.15) is 25.0 Å². The summed E-state index contributed by atoms with van der Waals surface area (Å²) < 4.78 is 16.3. The molecule has 5 nitrogen and oxygen atoms in total. The minimum absolute atomic E-state index is 0.180. The third-order valence-corrected chi connectivity index (χ3v) is 3.87. The van der Waals surface area contributed by atoms with Gasteiger partial charge in [0.1, 0.15) is 5.75 Å². The molecule has 0 aromatic heterocycles. The van der Waals surface area contributed by atoms with E-state index in [-0.39, 0.29) is 5.91 Å². The predicted octanol–water partition coefficient (Wildman–Crippen LogP) is 3.62. The zero-order valence-electron chi connectivity index (χ0n) is 15.7. The number of carbonyl (C=O) groups excluding carboxylic acids is 1. The van der Waals surface area contributed by atoms with Crippen molar-refractivity contribution >= 4 is 5.91 Å². The molecule has 0 radical (unpaired) electrons. The van der Waals surface area contributed by atoms with Gasteiger partial charge in [-0.25, -0.2) is 0 Å². The summed E-state index contributed by atoms with van der Waals surface area (Å²) in [6.07, 6.45) is -0.890. The molecule has 0 aliphatic heterocycles. The van der Waals surface area contributed by atoms with Gasteiger partial charge in [0.15, 0.2) is 0 Å². The maximum atomic E-state index is 13.0. The Morgan fingerprint density at radius 1 is 0.923 bits per heavy atom. The van der Waals surface area contributed by atoms with Crippen LogP contribution >= 0.6 is 0 Å². The van der Waals surface area contributed by atoms with Gasteiger partial charge in [-0.3, -0.25) is 4.79 Å². The number of nitrogens with zero attached hydrogens (tertiary/aromatic N) is 1. The van der Waals surface area contributed by atoms with Crippen LogP contribution in [0, 0.1) is 0 Å². The number of hydrogen-bond donors (Lipinski definition) is 0. The zero-order valence-corrected chi connectivity index (χ0v) is 15.7. The van der Waals surface area contributed by atoms with Crippen LogP contribution in [0.2, 0.25) is 0 Å². The third kappa shape index (κ3) is 5.86. The lowest BCUT2D eigenvalue weighted by Crippen LogP contribution is -2.41. The molecular weight excluding hydrogens is 330 g/mol. The number of carbonyl (C=O) groups is 1. The average Bonchev–Trinajstić information content (AvgIpc) is 2.68. The minimum Gasteiger partial charge on any atom is -0.497 e. The van der Waals surface area contributed by atoms with E-state index in [1.54, 1.807) is 12.0 Å². The number of hydrogen-bond acceptors (Lipinski definition) is 4.